The third-order valence-electron chi connectivity index (χ3n) is 3.41. The molecule has 0 radical (unpaired) electrons. The SMILES string of the molecule is O=C(NC1CCCC1CO)c1ccc(Br)cc1S. The molecule has 1 aliphatic carbocycles. The predicted molar refractivity (Wildman–Crippen MR) is 77.1 cm³/mol. The molecule has 0 saturated heterocycles. The lowest BCUT2D eigenvalue weighted by molar-refractivity contribution is 0.0913. The van der Waals surface area contributed by atoms with Crippen molar-refractivity contribution >= 4 is 34.5 Å². The summed E-state index contributed by atoms with van der Waals surface area (Å²) in [6, 6.07) is 5.46. The monoisotopic (exact) mass is 329 g/mol. The third kappa shape index (κ3) is 3.08. The van der Waals surface area contributed by atoms with Crippen LogP contribution >= 0.6 is 28.6 Å². The lowest BCUT2D eigenvalue weighted by Gasteiger charge is -2.19. The summed E-state index contributed by atoms with van der Waals surface area (Å²) in [6.45, 7) is 0.138. The molecule has 1 fully saturated rings. The second-order valence-corrected chi connectivity index (χ2v) is 6.01. The number of aliphatic hydroxyl groups excluding tert-OH is 1. The van der Waals surface area contributed by atoms with E-state index in [9.17, 15) is 9.90 Å². The highest BCUT2D eigenvalue weighted by Gasteiger charge is 2.28. The number of aliphatic hydroxyl groups is 1. The van der Waals surface area contributed by atoms with Gasteiger partial charge < -0.3 is 10.4 Å². The summed E-state index contributed by atoms with van der Waals surface area (Å²) < 4.78 is 0.901. The van der Waals surface area contributed by atoms with Gasteiger partial charge in [0.2, 0.25) is 0 Å². The molecular formula is C13H16BrNO2S. The molecule has 0 spiro atoms. The van der Waals surface area contributed by atoms with Gasteiger partial charge in [-0.2, -0.15) is 0 Å². The molecule has 2 unspecified atom stereocenters. The quantitative estimate of drug-likeness (QED) is 0.746. The summed E-state index contributed by atoms with van der Waals surface area (Å²) in [5, 5.41) is 12.2. The Hall–Kier alpha value is -0.520. The van der Waals surface area contributed by atoms with Crippen LogP contribution in [0.15, 0.2) is 27.6 Å². The maximum absolute atomic E-state index is 12.1. The summed E-state index contributed by atoms with van der Waals surface area (Å²) in [5.74, 6) is 0.0746. The van der Waals surface area contributed by atoms with Gasteiger partial charge in [-0.1, -0.05) is 22.4 Å². The molecule has 2 atom stereocenters. The maximum atomic E-state index is 12.1. The van der Waals surface area contributed by atoms with Crippen LogP contribution in [0, 0.1) is 5.92 Å². The lowest BCUT2D eigenvalue weighted by Crippen LogP contribution is -2.38. The largest absolute Gasteiger partial charge is 0.396 e. The number of halogens is 1. The standard InChI is InChI=1S/C13H16BrNO2S/c14-9-4-5-10(12(18)6-9)13(17)15-11-3-1-2-8(11)7-16/h4-6,8,11,16,18H,1-3,7H2,(H,15,17). The molecule has 1 amide bonds. The van der Waals surface area contributed by atoms with Gasteiger partial charge in [0.15, 0.2) is 0 Å². The van der Waals surface area contributed by atoms with E-state index in [-0.39, 0.29) is 24.5 Å². The minimum Gasteiger partial charge on any atom is -0.396 e. The first kappa shape index (κ1) is 13.9. The van der Waals surface area contributed by atoms with Crippen molar-refractivity contribution in [1.29, 1.82) is 0 Å². The Kier molecular flexibility index (Phi) is 4.70. The van der Waals surface area contributed by atoms with Crippen molar-refractivity contribution in [3.63, 3.8) is 0 Å². The van der Waals surface area contributed by atoms with Crippen molar-refractivity contribution in [3.8, 4) is 0 Å². The van der Waals surface area contributed by atoms with Gasteiger partial charge in [-0.3, -0.25) is 4.79 Å². The third-order valence-corrected chi connectivity index (χ3v) is 4.28. The Balaban J connectivity index is 2.07. The van der Waals surface area contributed by atoms with Crippen molar-refractivity contribution < 1.29 is 9.90 Å². The van der Waals surface area contributed by atoms with E-state index < -0.39 is 0 Å². The minimum atomic E-state index is -0.113. The normalized spacial score (nSPS) is 23.1. The molecule has 2 rings (SSSR count). The minimum absolute atomic E-state index is 0.0823. The van der Waals surface area contributed by atoms with Crippen molar-refractivity contribution in [2.75, 3.05) is 6.61 Å². The summed E-state index contributed by atoms with van der Waals surface area (Å²) in [6.07, 6.45) is 2.98. The Morgan fingerprint density at radius 3 is 2.94 bits per heavy atom. The molecule has 2 N–H and O–H groups in total. The van der Waals surface area contributed by atoms with Crippen LogP contribution < -0.4 is 5.32 Å². The van der Waals surface area contributed by atoms with Gasteiger partial charge in [0.05, 0.1) is 5.56 Å². The number of benzene rings is 1. The van der Waals surface area contributed by atoms with E-state index in [2.05, 4.69) is 33.9 Å². The molecule has 1 aromatic rings. The van der Waals surface area contributed by atoms with Gasteiger partial charge >= 0.3 is 0 Å². The molecule has 1 aliphatic rings. The van der Waals surface area contributed by atoms with Crippen LogP contribution in [0.25, 0.3) is 0 Å². The highest BCUT2D eigenvalue weighted by molar-refractivity contribution is 9.10. The first-order valence-corrected chi connectivity index (χ1v) is 7.26. The summed E-state index contributed by atoms with van der Waals surface area (Å²) in [7, 11) is 0. The molecular weight excluding hydrogens is 314 g/mol. The molecule has 1 aromatic carbocycles. The predicted octanol–water partition coefficient (Wildman–Crippen LogP) is 2.63. The number of carbonyl (C=O) groups excluding carboxylic acids is 1. The van der Waals surface area contributed by atoms with Crippen LogP contribution in [0.2, 0.25) is 0 Å². The van der Waals surface area contributed by atoms with E-state index >= 15 is 0 Å². The first-order valence-electron chi connectivity index (χ1n) is 6.02. The summed E-state index contributed by atoms with van der Waals surface area (Å²) in [4.78, 5) is 12.8. The van der Waals surface area contributed by atoms with E-state index in [1.54, 1.807) is 12.1 Å². The van der Waals surface area contributed by atoms with E-state index in [4.69, 9.17) is 0 Å². The molecule has 18 heavy (non-hydrogen) atoms. The van der Waals surface area contributed by atoms with Gasteiger partial charge in [0, 0.05) is 27.9 Å². The Labute approximate surface area is 121 Å². The second kappa shape index (κ2) is 6.08. The van der Waals surface area contributed by atoms with E-state index in [1.807, 2.05) is 6.07 Å². The number of thiol groups is 1. The van der Waals surface area contributed by atoms with Crippen molar-refractivity contribution in [1.82, 2.24) is 5.32 Å². The van der Waals surface area contributed by atoms with Gasteiger partial charge in [-0.05, 0) is 31.0 Å². The number of hydrogen-bond acceptors (Lipinski definition) is 3. The Morgan fingerprint density at radius 2 is 2.28 bits per heavy atom. The van der Waals surface area contributed by atoms with Gasteiger partial charge in [0.1, 0.15) is 0 Å². The van der Waals surface area contributed by atoms with Crippen molar-refractivity contribution in [2.24, 2.45) is 5.92 Å². The topological polar surface area (TPSA) is 49.3 Å². The van der Waals surface area contributed by atoms with Gasteiger partial charge in [-0.25, -0.2) is 0 Å². The molecule has 0 aliphatic heterocycles. The average Bonchev–Trinajstić information content (AvgIpc) is 2.76. The molecule has 0 heterocycles. The first-order chi connectivity index (χ1) is 8.61. The molecule has 1 saturated carbocycles. The number of carbonyl (C=O) groups is 1. The number of rotatable bonds is 3. The molecule has 0 aromatic heterocycles. The summed E-state index contributed by atoms with van der Waals surface area (Å²) in [5.41, 5.74) is 0.574. The van der Waals surface area contributed by atoms with Crippen LogP contribution in [0.4, 0.5) is 0 Å². The Morgan fingerprint density at radius 1 is 1.50 bits per heavy atom. The highest BCUT2D eigenvalue weighted by Crippen LogP contribution is 2.26. The van der Waals surface area contributed by atoms with Crippen LogP contribution in [0.1, 0.15) is 29.6 Å². The smallest absolute Gasteiger partial charge is 0.252 e. The number of nitrogens with one attached hydrogen (secondary N) is 1. The lowest BCUT2D eigenvalue weighted by atomic mass is 10.0. The van der Waals surface area contributed by atoms with E-state index in [0.717, 1.165) is 23.7 Å². The van der Waals surface area contributed by atoms with Crippen LogP contribution in [-0.2, 0) is 0 Å². The average molecular weight is 330 g/mol. The zero-order valence-electron chi connectivity index (χ0n) is 9.90. The summed E-state index contributed by atoms with van der Waals surface area (Å²) >= 11 is 7.65. The van der Waals surface area contributed by atoms with E-state index in [0.29, 0.717) is 10.5 Å². The van der Waals surface area contributed by atoms with Crippen LogP contribution in [0.5, 0.6) is 0 Å². The molecule has 98 valence electrons. The second-order valence-electron chi connectivity index (χ2n) is 4.61. The van der Waals surface area contributed by atoms with Gasteiger partial charge in [0.25, 0.3) is 5.91 Å². The fourth-order valence-corrected chi connectivity index (χ4v) is 3.24. The zero-order valence-corrected chi connectivity index (χ0v) is 12.4. The van der Waals surface area contributed by atoms with Crippen LogP contribution in [-0.4, -0.2) is 23.7 Å². The highest BCUT2D eigenvalue weighted by atomic mass is 79.9. The molecule has 3 nitrogen and oxygen atoms in total. The number of hydrogen-bond donors (Lipinski definition) is 3. The maximum Gasteiger partial charge on any atom is 0.252 e. The molecule has 5 heteroatoms. The van der Waals surface area contributed by atoms with Crippen molar-refractivity contribution in [2.45, 2.75) is 30.2 Å². The van der Waals surface area contributed by atoms with Gasteiger partial charge in [-0.15, -0.1) is 12.6 Å². The fourth-order valence-electron chi connectivity index (χ4n) is 2.39. The number of amides is 1. The fraction of sp³-hybridized carbons (Fsp3) is 0.462. The Bertz CT molecular complexity index is 453. The van der Waals surface area contributed by atoms with Crippen LogP contribution in [0.3, 0.4) is 0 Å². The van der Waals surface area contributed by atoms with Crippen molar-refractivity contribution in [3.05, 3.63) is 28.2 Å². The molecule has 0 bridgehead atoms. The zero-order chi connectivity index (χ0) is 13.1. The van der Waals surface area contributed by atoms with E-state index in [1.165, 1.54) is 0 Å².